The molecule has 4 heteroatoms. The number of aryl methyl sites for hydroxylation is 1. The maximum absolute atomic E-state index is 5.66. The average Bonchev–Trinajstić information content (AvgIpc) is 2.43. The van der Waals surface area contributed by atoms with Gasteiger partial charge in [-0.15, -0.1) is 0 Å². The second-order valence-corrected chi connectivity index (χ2v) is 5.38. The van der Waals surface area contributed by atoms with Crippen molar-refractivity contribution < 1.29 is 9.47 Å². The van der Waals surface area contributed by atoms with E-state index in [0.717, 1.165) is 28.2 Å². The molecule has 0 aliphatic carbocycles. The number of halogens is 1. The van der Waals surface area contributed by atoms with E-state index in [1.165, 1.54) is 5.56 Å². The van der Waals surface area contributed by atoms with Crippen molar-refractivity contribution in [3.8, 4) is 11.5 Å². The zero-order valence-corrected chi connectivity index (χ0v) is 13.2. The zero-order chi connectivity index (χ0) is 14.4. The smallest absolute Gasteiger partial charge is 0.119 e. The highest BCUT2D eigenvalue weighted by atomic mass is 79.9. The van der Waals surface area contributed by atoms with E-state index in [4.69, 9.17) is 9.47 Å². The van der Waals surface area contributed by atoms with E-state index in [1.807, 2.05) is 24.3 Å². The first-order chi connectivity index (χ1) is 9.67. The van der Waals surface area contributed by atoms with E-state index >= 15 is 0 Å². The van der Waals surface area contributed by atoms with Crippen LogP contribution in [-0.2, 0) is 0 Å². The molecule has 2 aromatic rings. The van der Waals surface area contributed by atoms with Gasteiger partial charge in [-0.05, 0) is 55.0 Å². The second-order valence-electron chi connectivity index (χ2n) is 4.47. The van der Waals surface area contributed by atoms with Crippen LogP contribution in [0, 0.1) is 6.92 Å². The highest BCUT2D eigenvalue weighted by Gasteiger charge is 1.97. The SMILES string of the molecule is COc1ccc(OCCNc2cc(C)cc(Br)c2)cc1. The average molecular weight is 336 g/mol. The number of hydrogen-bond acceptors (Lipinski definition) is 3. The van der Waals surface area contributed by atoms with Gasteiger partial charge in [0, 0.05) is 16.7 Å². The first-order valence-electron chi connectivity index (χ1n) is 6.45. The summed E-state index contributed by atoms with van der Waals surface area (Å²) in [5, 5.41) is 3.34. The summed E-state index contributed by atoms with van der Waals surface area (Å²) in [6.45, 7) is 3.43. The largest absolute Gasteiger partial charge is 0.497 e. The normalized spacial score (nSPS) is 10.2. The molecule has 1 N–H and O–H groups in total. The van der Waals surface area contributed by atoms with Crippen LogP contribution in [-0.4, -0.2) is 20.3 Å². The molecule has 0 atom stereocenters. The number of nitrogens with one attached hydrogen (secondary N) is 1. The standard InChI is InChI=1S/C16H18BrNO2/c1-12-9-13(17)11-14(10-12)18-7-8-20-16-5-3-15(19-2)4-6-16/h3-6,9-11,18H,7-8H2,1-2H3. The molecule has 0 heterocycles. The summed E-state index contributed by atoms with van der Waals surface area (Å²) >= 11 is 3.49. The Bertz CT molecular complexity index is 535. The summed E-state index contributed by atoms with van der Waals surface area (Å²) in [5.74, 6) is 1.68. The molecule has 0 saturated carbocycles. The molecule has 0 aliphatic rings. The van der Waals surface area contributed by atoms with Gasteiger partial charge in [0.2, 0.25) is 0 Å². The van der Waals surface area contributed by atoms with Crippen LogP contribution in [0.2, 0.25) is 0 Å². The Labute approximate surface area is 128 Å². The molecule has 0 unspecified atom stereocenters. The predicted molar refractivity (Wildman–Crippen MR) is 85.9 cm³/mol. The lowest BCUT2D eigenvalue weighted by molar-refractivity contribution is 0.332. The van der Waals surface area contributed by atoms with E-state index in [0.29, 0.717) is 6.61 Å². The number of anilines is 1. The Morgan fingerprint density at radius 2 is 1.75 bits per heavy atom. The van der Waals surface area contributed by atoms with E-state index in [1.54, 1.807) is 7.11 Å². The maximum Gasteiger partial charge on any atom is 0.119 e. The molecule has 2 aromatic carbocycles. The van der Waals surface area contributed by atoms with Crippen molar-refractivity contribution in [3.05, 3.63) is 52.5 Å². The Morgan fingerprint density at radius 1 is 1.05 bits per heavy atom. The Hall–Kier alpha value is -1.68. The Balaban J connectivity index is 1.78. The molecule has 0 aromatic heterocycles. The lowest BCUT2D eigenvalue weighted by atomic mass is 10.2. The maximum atomic E-state index is 5.66. The first kappa shape index (κ1) is 14.7. The van der Waals surface area contributed by atoms with Gasteiger partial charge in [-0.3, -0.25) is 0 Å². The molecular formula is C16H18BrNO2. The number of benzene rings is 2. The van der Waals surface area contributed by atoms with Gasteiger partial charge in [0.05, 0.1) is 7.11 Å². The molecule has 0 radical (unpaired) electrons. The number of methoxy groups -OCH3 is 1. The Morgan fingerprint density at radius 3 is 2.40 bits per heavy atom. The van der Waals surface area contributed by atoms with Crippen LogP contribution in [0.4, 0.5) is 5.69 Å². The van der Waals surface area contributed by atoms with Gasteiger partial charge in [0.1, 0.15) is 18.1 Å². The van der Waals surface area contributed by atoms with Crippen LogP contribution in [0.5, 0.6) is 11.5 Å². The molecule has 106 valence electrons. The van der Waals surface area contributed by atoms with Gasteiger partial charge in [0.25, 0.3) is 0 Å². The summed E-state index contributed by atoms with van der Waals surface area (Å²) in [4.78, 5) is 0. The van der Waals surface area contributed by atoms with Gasteiger partial charge < -0.3 is 14.8 Å². The van der Waals surface area contributed by atoms with Gasteiger partial charge >= 0.3 is 0 Å². The van der Waals surface area contributed by atoms with E-state index in [2.05, 4.69) is 46.4 Å². The van der Waals surface area contributed by atoms with Crippen molar-refractivity contribution in [1.29, 1.82) is 0 Å². The fourth-order valence-corrected chi connectivity index (χ4v) is 2.48. The molecule has 20 heavy (non-hydrogen) atoms. The van der Waals surface area contributed by atoms with Crippen molar-refractivity contribution in [2.75, 3.05) is 25.6 Å². The molecule has 0 amide bonds. The van der Waals surface area contributed by atoms with E-state index in [9.17, 15) is 0 Å². The summed E-state index contributed by atoms with van der Waals surface area (Å²) in [7, 11) is 1.65. The van der Waals surface area contributed by atoms with Crippen LogP contribution in [0.1, 0.15) is 5.56 Å². The molecule has 2 rings (SSSR count). The minimum atomic E-state index is 0.609. The third-order valence-electron chi connectivity index (χ3n) is 2.80. The molecular weight excluding hydrogens is 318 g/mol. The summed E-state index contributed by atoms with van der Waals surface area (Å²) in [6.07, 6.45) is 0. The quantitative estimate of drug-likeness (QED) is 0.800. The molecule has 0 aliphatic heterocycles. The number of rotatable bonds is 6. The lowest BCUT2D eigenvalue weighted by Crippen LogP contribution is -2.11. The first-order valence-corrected chi connectivity index (χ1v) is 7.24. The van der Waals surface area contributed by atoms with E-state index < -0.39 is 0 Å². The summed E-state index contributed by atoms with van der Waals surface area (Å²) in [6, 6.07) is 13.8. The van der Waals surface area contributed by atoms with Crippen LogP contribution in [0.3, 0.4) is 0 Å². The van der Waals surface area contributed by atoms with Gasteiger partial charge in [-0.2, -0.15) is 0 Å². The summed E-state index contributed by atoms with van der Waals surface area (Å²) in [5.41, 5.74) is 2.31. The Kier molecular flexibility index (Phi) is 5.30. The van der Waals surface area contributed by atoms with Crippen LogP contribution < -0.4 is 14.8 Å². The predicted octanol–water partition coefficient (Wildman–Crippen LogP) is 4.26. The topological polar surface area (TPSA) is 30.5 Å². The monoisotopic (exact) mass is 335 g/mol. The fraction of sp³-hybridized carbons (Fsp3) is 0.250. The van der Waals surface area contributed by atoms with Crippen LogP contribution in [0.25, 0.3) is 0 Å². The van der Waals surface area contributed by atoms with Crippen LogP contribution >= 0.6 is 15.9 Å². The minimum Gasteiger partial charge on any atom is -0.497 e. The number of ether oxygens (including phenoxy) is 2. The highest BCUT2D eigenvalue weighted by Crippen LogP contribution is 2.19. The third-order valence-corrected chi connectivity index (χ3v) is 3.26. The molecule has 0 bridgehead atoms. The second kappa shape index (κ2) is 7.20. The van der Waals surface area contributed by atoms with Gasteiger partial charge in [0.15, 0.2) is 0 Å². The minimum absolute atomic E-state index is 0.609. The zero-order valence-electron chi connectivity index (χ0n) is 11.7. The van der Waals surface area contributed by atoms with Crippen molar-refractivity contribution >= 4 is 21.6 Å². The van der Waals surface area contributed by atoms with E-state index in [-0.39, 0.29) is 0 Å². The summed E-state index contributed by atoms with van der Waals surface area (Å²) < 4.78 is 11.8. The molecule has 0 saturated heterocycles. The molecule has 0 fully saturated rings. The third kappa shape index (κ3) is 4.46. The van der Waals surface area contributed by atoms with Gasteiger partial charge in [-0.1, -0.05) is 15.9 Å². The van der Waals surface area contributed by atoms with Crippen molar-refractivity contribution in [3.63, 3.8) is 0 Å². The molecule has 3 nitrogen and oxygen atoms in total. The van der Waals surface area contributed by atoms with Crippen molar-refractivity contribution in [1.82, 2.24) is 0 Å². The van der Waals surface area contributed by atoms with Crippen LogP contribution in [0.15, 0.2) is 46.9 Å². The molecule has 0 spiro atoms. The van der Waals surface area contributed by atoms with Gasteiger partial charge in [-0.25, -0.2) is 0 Å². The lowest BCUT2D eigenvalue weighted by Gasteiger charge is -2.10. The highest BCUT2D eigenvalue weighted by molar-refractivity contribution is 9.10. The van der Waals surface area contributed by atoms with Crippen molar-refractivity contribution in [2.24, 2.45) is 0 Å². The number of hydrogen-bond donors (Lipinski definition) is 1. The fourth-order valence-electron chi connectivity index (χ4n) is 1.87. The van der Waals surface area contributed by atoms with Crippen molar-refractivity contribution in [2.45, 2.75) is 6.92 Å².